The standard InChI is InChI=1S/C17H16FN3O/c18-15-7-5-13(6-8-15)9-10-20-17(22)12-21-16-4-2-1-3-14(16)11-19/h1-8,21H,9-10,12H2,(H,20,22). The van der Waals surface area contributed by atoms with Gasteiger partial charge in [-0.05, 0) is 36.2 Å². The van der Waals surface area contributed by atoms with Gasteiger partial charge >= 0.3 is 0 Å². The largest absolute Gasteiger partial charge is 0.375 e. The molecule has 0 radical (unpaired) electrons. The molecule has 0 saturated carbocycles. The van der Waals surface area contributed by atoms with Crippen LogP contribution in [0.15, 0.2) is 48.5 Å². The molecule has 5 heteroatoms. The predicted octanol–water partition coefficient (Wildman–Crippen LogP) is 2.47. The molecule has 0 heterocycles. The molecular weight excluding hydrogens is 281 g/mol. The van der Waals surface area contributed by atoms with Crippen molar-refractivity contribution in [2.45, 2.75) is 6.42 Å². The van der Waals surface area contributed by atoms with Crippen LogP contribution in [0.2, 0.25) is 0 Å². The summed E-state index contributed by atoms with van der Waals surface area (Å²) in [6.45, 7) is 0.578. The van der Waals surface area contributed by atoms with Gasteiger partial charge in [0.2, 0.25) is 5.91 Å². The third kappa shape index (κ3) is 4.60. The second-order valence-corrected chi connectivity index (χ2v) is 4.74. The first-order valence-corrected chi connectivity index (χ1v) is 6.93. The molecule has 0 aromatic heterocycles. The van der Waals surface area contributed by atoms with Crippen LogP contribution < -0.4 is 10.6 Å². The Hall–Kier alpha value is -2.87. The fourth-order valence-corrected chi connectivity index (χ4v) is 1.97. The summed E-state index contributed by atoms with van der Waals surface area (Å²) in [5, 5.41) is 14.7. The molecule has 0 atom stereocenters. The minimum atomic E-state index is -0.270. The number of amides is 1. The summed E-state index contributed by atoms with van der Waals surface area (Å²) in [4.78, 5) is 11.7. The summed E-state index contributed by atoms with van der Waals surface area (Å²) in [6.07, 6.45) is 0.640. The highest BCUT2D eigenvalue weighted by Crippen LogP contribution is 2.12. The van der Waals surface area contributed by atoms with Crippen LogP contribution in [-0.4, -0.2) is 19.0 Å². The Morgan fingerprint density at radius 2 is 1.86 bits per heavy atom. The molecule has 0 unspecified atom stereocenters. The van der Waals surface area contributed by atoms with Crippen molar-refractivity contribution >= 4 is 11.6 Å². The third-order valence-corrected chi connectivity index (χ3v) is 3.14. The Morgan fingerprint density at radius 1 is 1.14 bits per heavy atom. The molecule has 0 fully saturated rings. The Balaban J connectivity index is 1.74. The molecular formula is C17H16FN3O. The van der Waals surface area contributed by atoms with Crippen molar-refractivity contribution in [3.05, 3.63) is 65.5 Å². The molecule has 0 aliphatic heterocycles. The second-order valence-electron chi connectivity index (χ2n) is 4.74. The molecule has 0 aliphatic rings. The number of nitrogens with zero attached hydrogens (tertiary/aromatic N) is 1. The Kier molecular flexibility index (Phi) is 5.50. The van der Waals surface area contributed by atoms with Gasteiger partial charge < -0.3 is 10.6 Å². The highest BCUT2D eigenvalue weighted by atomic mass is 19.1. The summed E-state index contributed by atoms with van der Waals surface area (Å²) < 4.78 is 12.8. The molecule has 22 heavy (non-hydrogen) atoms. The van der Waals surface area contributed by atoms with Crippen molar-refractivity contribution in [1.82, 2.24) is 5.32 Å². The van der Waals surface area contributed by atoms with E-state index < -0.39 is 0 Å². The highest BCUT2D eigenvalue weighted by Gasteiger charge is 2.04. The molecule has 0 bridgehead atoms. The van der Waals surface area contributed by atoms with Gasteiger partial charge in [-0.15, -0.1) is 0 Å². The smallest absolute Gasteiger partial charge is 0.239 e. The molecule has 4 nitrogen and oxygen atoms in total. The maximum atomic E-state index is 12.8. The monoisotopic (exact) mass is 297 g/mol. The molecule has 0 aliphatic carbocycles. The average molecular weight is 297 g/mol. The molecule has 1 amide bonds. The van der Waals surface area contributed by atoms with E-state index in [0.717, 1.165) is 5.56 Å². The van der Waals surface area contributed by atoms with Crippen LogP contribution in [-0.2, 0) is 11.2 Å². The van der Waals surface area contributed by atoms with Crippen LogP contribution in [0.3, 0.4) is 0 Å². The molecule has 0 saturated heterocycles. The van der Waals surface area contributed by atoms with E-state index in [2.05, 4.69) is 16.7 Å². The first kappa shape index (κ1) is 15.5. The zero-order valence-electron chi connectivity index (χ0n) is 12.0. The zero-order valence-corrected chi connectivity index (χ0v) is 12.0. The minimum Gasteiger partial charge on any atom is -0.375 e. The molecule has 2 aromatic rings. The van der Waals surface area contributed by atoms with Crippen molar-refractivity contribution in [3.8, 4) is 6.07 Å². The lowest BCUT2D eigenvalue weighted by atomic mass is 10.1. The van der Waals surface area contributed by atoms with E-state index in [9.17, 15) is 9.18 Å². The van der Waals surface area contributed by atoms with Crippen molar-refractivity contribution in [2.24, 2.45) is 0 Å². The van der Waals surface area contributed by atoms with E-state index >= 15 is 0 Å². The molecule has 0 spiro atoms. The Morgan fingerprint density at radius 3 is 2.59 bits per heavy atom. The van der Waals surface area contributed by atoms with Gasteiger partial charge in [0.25, 0.3) is 0 Å². The number of hydrogen-bond acceptors (Lipinski definition) is 3. The normalized spacial score (nSPS) is 9.82. The number of nitriles is 1. The number of benzene rings is 2. The second kappa shape index (κ2) is 7.79. The number of para-hydroxylation sites is 1. The predicted molar refractivity (Wildman–Crippen MR) is 82.8 cm³/mol. The highest BCUT2D eigenvalue weighted by molar-refractivity contribution is 5.81. The lowest BCUT2D eigenvalue weighted by Crippen LogP contribution is -2.31. The average Bonchev–Trinajstić information content (AvgIpc) is 2.55. The number of halogens is 1. The maximum absolute atomic E-state index is 12.8. The van der Waals surface area contributed by atoms with E-state index in [0.29, 0.717) is 24.2 Å². The van der Waals surface area contributed by atoms with Crippen LogP contribution in [0.4, 0.5) is 10.1 Å². The maximum Gasteiger partial charge on any atom is 0.239 e. The number of anilines is 1. The summed E-state index contributed by atoms with van der Waals surface area (Å²) in [5.74, 6) is -0.428. The Bertz CT molecular complexity index is 677. The quantitative estimate of drug-likeness (QED) is 0.861. The van der Waals surface area contributed by atoms with E-state index in [4.69, 9.17) is 5.26 Å². The third-order valence-electron chi connectivity index (χ3n) is 3.14. The van der Waals surface area contributed by atoms with Gasteiger partial charge in [-0.1, -0.05) is 24.3 Å². The zero-order chi connectivity index (χ0) is 15.8. The van der Waals surface area contributed by atoms with Crippen LogP contribution in [0, 0.1) is 17.1 Å². The van der Waals surface area contributed by atoms with Crippen LogP contribution in [0.5, 0.6) is 0 Å². The van der Waals surface area contributed by atoms with Crippen molar-refractivity contribution in [2.75, 3.05) is 18.4 Å². The van der Waals surface area contributed by atoms with Gasteiger partial charge in [0.1, 0.15) is 11.9 Å². The van der Waals surface area contributed by atoms with Crippen LogP contribution >= 0.6 is 0 Å². The molecule has 2 aromatic carbocycles. The van der Waals surface area contributed by atoms with E-state index in [1.165, 1.54) is 12.1 Å². The number of carbonyl (C=O) groups excluding carboxylic acids is 1. The van der Waals surface area contributed by atoms with Crippen molar-refractivity contribution < 1.29 is 9.18 Å². The van der Waals surface area contributed by atoms with E-state index in [1.54, 1.807) is 36.4 Å². The molecule has 2 N–H and O–H groups in total. The number of nitrogens with one attached hydrogen (secondary N) is 2. The fourth-order valence-electron chi connectivity index (χ4n) is 1.97. The summed E-state index contributed by atoms with van der Waals surface area (Å²) in [5.41, 5.74) is 2.10. The molecule has 112 valence electrons. The van der Waals surface area contributed by atoms with Gasteiger partial charge in [-0.25, -0.2) is 4.39 Å². The topological polar surface area (TPSA) is 64.9 Å². The van der Waals surface area contributed by atoms with Gasteiger partial charge in [0, 0.05) is 6.54 Å². The number of hydrogen-bond donors (Lipinski definition) is 2. The first-order chi connectivity index (χ1) is 10.7. The van der Waals surface area contributed by atoms with Gasteiger partial charge in [-0.2, -0.15) is 5.26 Å². The summed E-state index contributed by atoms with van der Waals surface area (Å²) >= 11 is 0. The number of carbonyl (C=O) groups is 1. The Labute approximate surface area is 128 Å². The lowest BCUT2D eigenvalue weighted by Gasteiger charge is -2.09. The SMILES string of the molecule is N#Cc1ccccc1NCC(=O)NCCc1ccc(F)cc1. The summed E-state index contributed by atoms with van der Waals surface area (Å²) in [6, 6.07) is 15.3. The van der Waals surface area contributed by atoms with Gasteiger partial charge in [-0.3, -0.25) is 4.79 Å². The first-order valence-electron chi connectivity index (χ1n) is 6.93. The minimum absolute atomic E-state index is 0.0993. The van der Waals surface area contributed by atoms with Gasteiger partial charge in [0.05, 0.1) is 17.8 Å². The molecule has 2 rings (SSSR count). The van der Waals surface area contributed by atoms with Crippen LogP contribution in [0.25, 0.3) is 0 Å². The number of rotatable bonds is 6. The van der Waals surface area contributed by atoms with E-state index in [-0.39, 0.29) is 18.3 Å². The van der Waals surface area contributed by atoms with Gasteiger partial charge in [0.15, 0.2) is 0 Å². The van der Waals surface area contributed by atoms with Crippen molar-refractivity contribution in [3.63, 3.8) is 0 Å². The van der Waals surface area contributed by atoms with Crippen LogP contribution in [0.1, 0.15) is 11.1 Å². The summed E-state index contributed by atoms with van der Waals surface area (Å²) in [7, 11) is 0. The fraction of sp³-hybridized carbons (Fsp3) is 0.176. The lowest BCUT2D eigenvalue weighted by molar-refractivity contribution is -0.119. The van der Waals surface area contributed by atoms with E-state index in [1.807, 2.05) is 0 Å². The van der Waals surface area contributed by atoms with Crippen molar-refractivity contribution in [1.29, 1.82) is 5.26 Å².